The Morgan fingerprint density at radius 3 is 2.67 bits per heavy atom. The van der Waals surface area contributed by atoms with Crippen LogP contribution in [0.1, 0.15) is 26.2 Å². The predicted molar refractivity (Wildman–Crippen MR) is 84.1 cm³/mol. The summed E-state index contributed by atoms with van der Waals surface area (Å²) in [4.78, 5) is 0.259. The highest BCUT2D eigenvalue weighted by atomic mass is 32.2. The van der Waals surface area contributed by atoms with E-state index in [-0.39, 0.29) is 28.2 Å². The lowest BCUT2D eigenvalue weighted by molar-refractivity contribution is 0.561. The average molecular weight is 331 g/mol. The highest BCUT2D eigenvalue weighted by molar-refractivity contribution is 7.91. The second kappa shape index (κ2) is 6.36. The van der Waals surface area contributed by atoms with Gasteiger partial charge < -0.3 is 5.32 Å². The lowest BCUT2D eigenvalue weighted by atomic mass is 10.1. The maximum Gasteiger partial charge on any atom is 0.180 e. The standard InChI is InChI=1S/C14H21NO4S2/c1-2-9-21(18,19)14-8-4-3-7-13(14)15-12-6-5-10-20(16,17)11-12/h3-4,7-8,12,15H,2,5-6,9-11H2,1H3. The van der Waals surface area contributed by atoms with Gasteiger partial charge in [0.2, 0.25) is 0 Å². The molecule has 1 atom stereocenters. The molecule has 0 spiro atoms. The van der Waals surface area contributed by atoms with Gasteiger partial charge in [0.1, 0.15) is 0 Å². The molecule has 5 nitrogen and oxygen atoms in total. The van der Waals surface area contributed by atoms with Gasteiger partial charge in [-0.3, -0.25) is 0 Å². The summed E-state index contributed by atoms with van der Waals surface area (Å²) in [6.45, 7) is 1.82. The van der Waals surface area contributed by atoms with Crippen molar-refractivity contribution in [2.24, 2.45) is 0 Å². The molecule has 118 valence electrons. The molecular formula is C14H21NO4S2. The third kappa shape index (κ3) is 4.20. The highest BCUT2D eigenvalue weighted by Gasteiger charge is 2.26. The number of sulfone groups is 2. The maximum atomic E-state index is 12.3. The molecule has 0 aliphatic carbocycles. The fourth-order valence-corrected chi connectivity index (χ4v) is 5.73. The fraction of sp³-hybridized carbons (Fsp3) is 0.571. The van der Waals surface area contributed by atoms with Crippen LogP contribution in [-0.2, 0) is 19.7 Å². The zero-order valence-corrected chi connectivity index (χ0v) is 13.7. The van der Waals surface area contributed by atoms with E-state index in [1.807, 2.05) is 6.92 Å². The zero-order valence-electron chi connectivity index (χ0n) is 12.1. The summed E-state index contributed by atoms with van der Waals surface area (Å²) in [6, 6.07) is 6.49. The van der Waals surface area contributed by atoms with E-state index < -0.39 is 19.7 Å². The van der Waals surface area contributed by atoms with Gasteiger partial charge in [-0.05, 0) is 31.4 Å². The second-order valence-electron chi connectivity index (χ2n) is 5.41. The third-order valence-corrected chi connectivity index (χ3v) is 7.31. The molecule has 1 aromatic rings. The Kier molecular flexibility index (Phi) is 4.93. The molecule has 1 aromatic carbocycles. The highest BCUT2D eigenvalue weighted by Crippen LogP contribution is 2.25. The first-order chi connectivity index (χ1) is 9.84. The van der Waals surface area contributed by atoms with Crippen LogP contribution >= 0.6 is 0 Å². The second-order valence-corrected chi connectivity index (χ2v) is 9.72. The molecule has 1 heterocycles. The fourth-order valence-electron chi connectivity index (χ4n) is 2.59. The summed E-state index contributed by atoms with van der Waals surface area (Å²) >= 11 is 0. The number of hydrogen-bond acceptors (Lipinski definition) is 5. The van der Waals surface area contributed by atoms with Crippen LogP contribution in [0, 0.1) is 0 Å². The summed E-state index contributed by atoms with van der Waals surface area (Å²) in [5.74, 6) is 0.380. The van der Waals surface area contributed by atoms with E-state index in [1.54, 1.807) is 24.3 Å². The SMILES string of the molecule is CCCS(=O)(=O)c1ccccc1NC1CCCS(=O)(=O)C1. The maximum absolute atomic E-state index is 12.3. The van der Waals surface area contributed by atoms with Gasteiger partial charge in [0.05, 0.1) is 27.8 Å². The molecule has 1 fully saturated rings. The van der Waals surface area contributed by atoms with E-state index in [0.29, 0.717) is 18.5 Å². The summed E-state index contributed by atoms with van der Waals surface area (Å²) < 4.78 is 47.9. The topological polar surface area (TPSA) is 80.3 Å². The van der Waals surface area contributed by atoms with Gasteiger partial charge in [0, 0.05) is 6.04 Å². The molecule has 0 radical (unpaired) electrons. The van der Waals surface area contributed by atoms with Crippen molar-refractivity contribution in [3.05, 3.63) is 24.3 Å². The number of benzene rings is 1. The smallest absolute Gasteiger partial charge is 0.180 e. The number of rotatable bonds is 5. The van der Waals surface area contributed by atoms with Gasteiger partial charge in [-0.15, -0.1) is 0 Å². The predicted octanol–water partition coefficient (Wildman–Crippen LogP) is 1.86. The lowest BCUT2D eigenvalue weighted by Gasteiger charge is -2.25. The number of hydrogen-bond donors (Lipinski definition) is 1. The Labute approximate surface area is 126 Å². The van der Waals surface area contributed by atoms with Crippen molar-refractivity contribution in [2.75, 3.05) is 22.6 Å². The largest absolute Gasteiger partial charge is 0.380 e. The van der Waals surface area contributed by atoms with Gasteiger partial charge in [-0.1, -0.05) is 19.1 Å². The van der Waals surface area contributed by atoms with Crippen LogP contribution in [0.25, 0.3) is 0 Å². The molecule has 0 aromatic heterocycles. The van der Waals surface area contributed by atoms with Crippen molar-refractivity contribution in [3.8, 4) is 0 Å². The molecule has 1 saturated heterocycles. The summed E-state index contributed by atoms with van der Waals surface area (Å²) in [5.41, 5.74) is 0.507. The number of para-hydroxylation sites is 1. The summed E-state index contributed by atoms with van der Waals surface area (Å²) in [5, 5.41) is 3.11. The van der Waals surface area contributed by atoms with Crippen molar-refractivity contribution < 1.29 is 16.8 Å². The van der Waals surface area contributed by atoms with Crippen molar-refractivity contribution in [1.29, 1.82) is 0 Å². The summed E-state index contributed by atoms with van der Waals surface area (Å²) in [6.07, 6.45) is 1.90. The molecule has 21 heavy (non-hydrogen) atoms. The minimum Gasteiger partial charge on any atom is -0.380 e. The molecule has 7 heteroatoms. The molecule has 1 aliphatic rings. The van der Waals surface area contributed by atoms with E-state index in [0.717, 1.165) is 6.42 Å². The Hall–Kier alpha value is -1.08. The molecule has 1 N–H and O–H groups in total. The monoisotopic (exact) mass is 331 g/mol. The Morgan fingerprint density at radius 1 is 1.29 bits per heavy atom. The molecule has 1 unspecified atom stereocenters. The minimum absolute atomic E-state index is 0.0646. The summed E-state index contributed by atoms with van der Waals surface area (Å²) in [7, 11) is -6.35. The van der Waals surface area contributed by atoms with Crippen LogP contribution in [0.5, 0.6) is 0 Å². The van der Waals surface area contributed by atoms with E-state index in [9.17, 15) is 16.8 Å². The van der Waals surface area contributed by atoms with E-state index in [4.69, 9.17) is 0 Å². The minimum atomic E-state index is -3.33. The lowest BCUT2D eigenvalue weighted by Crippen LogP contribution is -2.35. The average Bonchev–Trinajstić information content (AvgIpc) is 2.38. The van der Waals surface area contributed by atoms with Crippen molar-refractivity contribution in [1.82, 2.24) is 0 Å². The Balaban J connectivity index is 2.25. The van der Waals surface area contributed by atoms with Crippen LogP contribution in [-0.4, -0.2) is 40.1 Å². The number of nitrogens with one attached hydrogen (secondary N) is 1. The van der Waals surface area contributed by atoms with Gasteiger partial charge in [-0.25, -0.2) is 16.8 Å². The van der Waals surface area contributed by atoms with Gasteiger partial charge >= 0.3 is 0 Å². The molecular weight excluding hydrogens is 310 g/mol. The Bertz CT molecular complexity index is 695. The molecule has 0 bridgehead atoms. The normalized spacial score (nSPS) is 21.9. The Morgan fingerprint density at radius 2 is 2.00 bits per heavy atom. The van der Waals surface area contributed by atoms with Gasteiger partial charge in [0.25, 0.3) is 0 Å². The molecule has 0 amide bonds. The van der Waals surface area contributed by atoms with Crippen molar-refractivity contribution in [2.45, 2.75) is 37.1 Å². The van der Waals surface area contributed by atoms with Crippen LogP contribution < -0.4 is 5.32 Å². The number of anilines is 1. The van der Waals surface area contributed by atoms with E-state index >= 15 is 0 Å². The van der Waals surface area contributed by atoms with Gasteiger partial charge in [-0.2, -0.15) is 0 Å². The molecule has 0 saturated carbocycles. The third-order valence-electron chi connectivity index (χ3n) is 3.52. The quantitative estimate of drug-likeness (QED) is 0.891. The first kappa shape index (κ1) is 16.3. The van der Waals surface area contributed by atoms with Crippen molar-refractivity contribution in [3.63, 3.8) is 0 Å². The van der Waals surface area contributed by atoms with Crippen LogP contribution in [0.4, 0.5) is 5.69 Å². The molecule has 2 rings (SSSR count). The first-order valence-corrected chi connectivity index (χ1v) is 10.6. The zero-order chi connectivity index (χ0) is 15.5. The molecule has 1 aliphatic heterocycles. The first-order valence-electron chi connectivity index (χ1n) is 7.13. The van der Waals surface area contributed by atoms with Gasteiger partial charge in [0.15, 0.2) is 19.7 Å². The van der Waals surface area contributed by atoms with Crippen LogP contribution in [0.2, 0.25) is 0 Å². The van der Waals surface area contributed by atoms with E-state index in [1.165, 1.54) is 0 Å². The van der Waals surface area contributed by atoms with Crippen LogP contribution in [0.3, 0.4) is 0 Å². The van der Waals surface area contributed by atoms with Crippen LogP contribution in [0.15, 0.2) is 29.2 Å². The van der Waals surface area contributed by atoms with Crippen molar-refractivity contribution >= 4 is 25.4 Å². The van der Waals surface area contributed by atoms with E-state index in [2.05, 4.69) is 5.32 Å².